The fraction of sp³-hybridized carbons (Fsp3) is 0.452. The number of amides is 1. The molecule has 0 unspecified atom stereocenters. The summed E-state index contributed by atoms with van der Waals surface area (Å²) in [5.41, 5.74) is -0.405. The number of aromatic hydroxyl groups is 1. The van der Waals surface area contributed by atoms with Crippen LogP contribution in [0.3, 0.4) is 0 Å². The molecule has 0 saturated carbocycles. The summed E-state index contributed by atoms with van der Waals surface area (Å²) < 4.78 is 31.4. The summed E-state index contributed by atoms with van der Waals surface area (Å²) in [6, 6.07) is 5.04. The minimum atomic E-state index is -0.823. The molecule has 3 fully saturated rings. The minimum Gasteiger partial charge on any atom is -0.507 e. The van der Waals surface area contributed by atoms with E-state index in [2.05, 4.69) is 28.3 Å². The molecule has 1 N–H and O–H groups in total. The van der Waals surface area contributed by atoms with Crippen molar-refractivity contribution < 1.29 is 18.7 Å². The second kappa shape index (κ2) is 10.6. The van der Waals surface area contributed by atoms with Gasteiger partial charge in [-0.2, -0.15) is 4.98 Å². The Morgan fingerprint density at radius 2 is 1.90 bits per heavy atom. The number of anilines is 2. The molecular weight excluding hydrogens is 562 g/mol. The van der Waals surface area contributed by atoms with Gasteiger partial charge in [-0.1, -0.05) is 24.2 Å². The smallest absolute Gasteiger partial charge is 0.246 e. The summed E-state index contributed by atoms with van der Waals surface area (Å²) in [5.74, 6) is -1.27. The lowest BCUT2D eigenvalue weighted by Crippen LogP contribution is -2.63. The average molecular weight is 597 g/mol. The second-order valence-electron chi connectivity index (χ2n) is 12.2. The van der Waals surface area contributed by atoms with Crippen LogP contribution in [0.5, 0.6) is 5.75 Å². The highest BCUT2D eigenvalue weighted by molar-refractivity contribution is 6.34. The van der Waals surface area contributed by atoms with Crippen LogP contribution in [-0.4, -0.2) is 89.2 Å². The van der Waals surface area contributed by atoms with Crippen molar-refractivity contribution in [3.63, 3.8) is 0 Å². The van der Waals surface area contributed by atoms with Gasteiger partial charge in [-0.05, 0) is 64.6 Å². The van der Waals surface area contributed by atoms with E-state index < -0.39 is 17.4 Å². The van der Waals surface area contributed by atoms with Crippen molar-refractivity contribution in [2.75, 3.05) is 56.1 Å². The van der Waals surface area contributed by atoms with E-state index in [0.29, 0.717) is 30.2 Å². The first-order chi connectivity index (χ1) is 20.0. The van der Waals surface area contributed by atoms with E-state index in [4.69, 9.17) is 21.6 Å². The van der Waals surface area contributed by atoms with Crippen LogP contribution in [-0.2, 0) is 4.79 Å². The lowest BCUT2D eigenvalue weighted by molar-refractivity contribution is -0.128. The van der Waals surface area contributed by atoms with Crippen molar-refractivity contribution >= 4 is 40.2 Å². The third-order valence-electron chi connectivity index (χ3n) is 9.00. The van der Waals surface area contributed by atoms with Crippen LogP contribution in [0.1, 0.15) is 26.7 Å². The van der Waals surface area contributed by atoms with Gasteiger partial charge >= 0.3 is 0 Å². The van der Waals surface area contributed by atoms with E-state index >= 15 is 4.39 Å². The molecule has 1 spiro atoms. The molecule has 11 heteroatoms. The van der Waals surface area contributed by atoms with Crippen LogP contribution in [0.25, 0.3) is 22.0 Å². The van der Waals surface area contributed by atoms with E-state index in [1.807, 2.05) is 13.8 Å². The van der Waals surface area contributed by atoms with Crippen LogP contribution in [0.2, 0.25) is 5.02 Å². The van der Waals surface area contributed by atoms with Crippen LogP contribution in [0.15, 0.2) is 36.9 Å². The van der Waals surface area contributed by atoms with Crippen molar-refractivity contribution in [3.05, 3.63) is 53.6 Å². The maximum absolute atomic E-state index is 16.5. The molecule has 3 aliphatic heterocycles. The fourth-order valence-electron chi connectivity index (χ4n) is 6.98. The first-order valence-corrected chi connectivity index (χ1v) is 14.7. The summed E-state index contributed by atoms with van der Waals surface area (Å²) in [5, 5.41) is 10.8. The number of benzene rings is 2. The van der Waals surface area contributed by atoms with Crippen molar-refractivity contribution in [2.45, 2.75) is 38.8 Å². The number of rotatable bonds is 4. The zero-order valence-corrected chi connectivity index (χ0v) is 24.8. The number of phenolic OH excluding ortho intramolecular Hbond substituents is 1. The maximum atomic E-state index is 16.5. The number of aromatic nitrogens is 2. The normalized spacial score (nSPS) is 22.5. The van der Waals surface area contributed by atoms with Gasteiger partial charge in [-0.25, -0.2) is 13.8 Å². The number of nitrogens with zero attached hydrogens (tertiary/aromatic N) is 6. The highest BCUT2D eigenvalue weighted by Crippen LogP contribution is 2.45. The number of piperazine rings is 1. The van der Waals surface area contributed by atoms with Crippen molar-refractivity contribution in [2.24, 2.45) is 5.41 Å². The van der Waals surface area contributed by atoms with E-state index in [9.17, 15) is 14.3 Å². The van der Waals surface area contributed by atoms with Crippen molar-refractivity contribution in [1.29, 1.82) is 0 Å². The molecule has 3 aliphatic rings. The molecule has 1 aromatic heterocycles. The summed E-state index contributed by atoms with van der Waals surface area (Å²) in [4.78, 5) is 30.4. The molecule has 222 valence electrons. The van der Waals surface area contributed by atoms with E-state index in [1.165, 1.54) is 18.2 Å². The molecule has 6 rings (SSSR count). The van der Waals surface area contributed by atoms with Gasteiger partial charge in [-0.3, -0.25) is 4.79 Å². The number of phenols is 1. The predicted octanol–water partition coefficient (Wildman–Crippen LogP) is 5.08. The first kappa shape index (κ1) is 28.6. The Balaban J connectivity index is 1.49. The second-order valence-corrected chi connectivity index (χ2v) is 12.6. The van der Waals surface area contributed by atoms with Gasteiger partial charge in [0.15, 0.2) is 5.82 Å². The Morgan fingerprint density at radius 1 is 1.14 bits per heavy atom. The topological polar surface area (TPSA) is 76.0 Å². The van der Waals surface area contributed by atoms with Gasteiger partial charge < -0.3 is 24.7 Å². The van der Waals surface area contributed by atoms with Gasteiger partial charge in [0.2, 0.25) is 11.9 Å². The first-order valence-electron chi connectivity index (χ1n) is 14.3. The molecule has 3 saturated heterocycles. The van der Waals surface area contributed by atoms with Crippen molar-refractivity contribution in [1.82, 2.24) is 19.8 Å². The largest absolute Gasteiger partial charge is 0.507 e. The quantitative estimate of drug-likeness (QED) is 0.421. The third kappa shape index (κ3) is 4.74. The highest BCUT2D eigenvalue weighted by atomic mass is 35.5. The molecule has 0 aliphatic carbocycles. The van der Waals surface area contributed by atoms with Crippen LogP contribution in [0, 0.1) is 17.0 Å². The molecule has 42 heavy (non-hydrogen) atoms. The van der Waals surface area contributed by atoms with Crippen LogP contribution >= 0.6 is 11.6 Å². The zero-order valence-electron chi connectivity index (χ0n) is 24.1. The highest BCUT2D eigenvalue weighted by Gasteiger charge is 2.46. The molecule has 4 heterocycles. The molecule has 2 aromatic carbocycles. The number of hydrogen-bond acceptors (Lipinski definition) is 7. The Hall–Kier alpha value is -3.50. The van der Waals surface area contributed by atoms with Gasteiger partial charge in [0, 0.05) is 61.2 Å². The molecular formula is C31H35ClF2N6O2. The fourth-order valence-corrected chi connectivity index (χ4v) is 7.27. The Kier molecular flexibility index (Phi) is 7.25. The summed E-state index contributed by atoms with van der Waals surface area (Å²) in [7, 11) is 2.13. The molecule has 0 bridgehead atoms. The number of carbonyl (C=O) groups is 1. The van der Waals surface area contributed by atoms with Gasteiger partial charge in [-0.15, -0.1) is 0 Å². The number of halogens is 3. The summed E-state index contributed by atoms with van der Waals surface area (Å²) >= 11 is 6.63. The lowest BCUT2D eigenvalue weighted by Gasteiger charge is -2.54. The number of carbonyl (C=O) groups excluding carboxylic acids is 1. The van der Waals surface area contributed by atoms with Gasteiger partial charge in [0.25, 0.3) is 0 Å². The third-order valence-corrected chi connectivity index (χ3v) is 9.29. The lowest BCUT2D eigenvalue weighted by atomic mass is 9.73. The van der Waals surface area contributed by atoms with Crippen LogP contribution in [0.4, 0.5) is 20.5 Å². The zero-order chi connectivity index (χ0) is 29.9. The SMILES string of the molecule is C=CC(=O)N1C[C@H](C)N(c2nc(N3CC4(CCCN(C)C4)C3)nc3c(F)c(-c4c(O)cccc4F)c(Cl)cc23)C[C@H]1C. The summed E-state index contributed by atoms with van der Waals surface area (Å²) in [6.45, 7) is 12.0. The van der Waals surface area contributed by atoms with E-state index in [0.717, 1.165) is 45.1 Å². The summed E-state index contributed by atoms with van der Waals surface area (Å²) in [6.07, 6.45) is 3.55. The number of fused-ring (bicyclic) bond motifs is 1. The Labute approximate surface area is 249 Å². The monoisotopic (exact) mass is 596 g/mol. The molecule has 3 aromatic rings. The number of hydrogen-bond donors (Lipinski definition) is 1. The van der Waals surface area contributed by atoms with Gasteiger partial charge in [0.1, 0.15) is 22.9 Å². The number of piperidine rings is 1. The van der Waals surface area contributed by atoms with Crippen molar-refractivity contribution in [3.8, 4) is 16.9 Å². The predicted molar refractivity (Wildman–Crippen MR) is 161 cm³/mol. The Bertz CT molecular complexity index is 1560. The molecule has 8 nitrogen and oxygen atoms in total. The average Bonchev–Trinajstić information content (AvgIpc) is 2.93. The Morgan fingerprint density at radius 3 is 2.60 bits per heavy atom. The molecule has 2 atom stereocenters. The molecule has 1 amide bonds. The molecule has 0 radical (unpaired) electrons. The van der Waals surface area contributed by atoms with Crippen LogP contribution < -0.4 is 9.80 Å². The number of likely N-dealkylation sites (tertiary alicyclic amines) is 1. The maximum Gasteiger partial charge on any atom is 0.246 e. The van der Waals surface area contributed by atoms with E-state index in [-0.39, 0.29) is 45.1 Å². The minimum absolute atomic E-state index is 0.00298. The standard InChI is InChI=1S/C31H35ClF2N6O2/c1-5-24(42)39-13-19(3)40(14-18(39)2)29-20-12-21(32)25(26-22(33)8-6-9-23(26)41)27(34)28(20)35-30(36-29)38-16-31(17-38)10-7-11-37(4)15-31/h5-6,8-9,12,18-19,41H,1,7,10-11,13-17H2,2-4H3/t18-,19+/m1/s1. The van der Waals surface area contributed by atoms with E-state index in [1.54, 1.807) is 11.0 Å². The van der Waals surface area contributed by atoms with Gasteiger partial charge in [0.05, 0.1) is 10.6 Å².